The molecule has 0 saturated carbocycles. The molecule has 1 heterocycles. The van der Waals surface area contributed by atoms with Gasteiger partial charge in [0.25, 0.3) is 5.91 Å². The first kappa shape index (κ1) is 25.5. The summed E-state index contributed by atoms with van der Waals surface area (Å²) in [5.41, 5.74) is 3.33. The van der Waals surface area contributed by atoms with Crippen molar-refractivity contribution in [3.63, 3.8) is 0 Å². The maximum Gasteiger partial charge on any atom is 0.251 e. The molecule has 1 aliphatic rings. The molecule has 1 aliphatic heterocycles. The fourth-order valence-corrected chi connectivity index (χ4v) is 4.94. The van der Waals surface area contributed by atoms with Gasteiger partial charge >= 0.3 is 0 Å². The van der Waals surface area contributed by atoms with E-state index in [0.29, 0.717) is 47.9 Å². The van der Waals surface area contributed by atoms with Gasteiger partial charge in [0.15, 0.2) is 11.5 Å². The summed E-state index contributed by atoms with van der Waals surface area (Å²) < 4.78 is 31.1. The van der Waals surface area contributed by atoms with Crippen LogP contribution in [0.5, 0.6) is 17.2 Å². The highest BCUT2D eigenvalue weighted by atomic mass is 19.1. The van der Waals surface area contributed by atoms with E-state index in [4.69, 9.17) is 14.2 Å². The highest BCUT2D eigenvalue weighted by molar-refractivity contribution is 5.94. The molecule has 2 unspecified atom stereocenters. The Bertz CT molecular complexity index is 1220. The summed E-state index contributed by atoms with van der Waals surface area (Å²) in [5, 5.41) is 3.24. The number of ether oxygens (including phenoxy) is 3. The molecule has 0 radical (unpaired) electrons. The zero-order chi connectivity index (χ0) is 25.7. The van der Waals surface area contributed by atoms with Crippen LogP contribution in [0.4, 0.5) is 4.39 Å². The minimum absolute atomic E-state index is 0.181. The molecule has 4 rings (SSSR count). The first-order valence-electron chi connectivity index (χ1n) is 12.2. The van der Waals surface area contributed by atoms with Gasteiger partial charge in [0.2, 0.25) is 0 Å². The minimum Gasteiger partial charge on any atom is -0.497 e. The highest BCUT2D eigenvalue weighted by Crippen LogP contribution is 2.40. The van der Waals surface area contributed by atoms with Gasteiger partial charge in [-0.3, -0.25) is 9.69 Å². The molecule has 6 nitrogen and oxygen atoms in total. The van der Waals surface area contributed by atoms with Gasteiger partial charge in [-0.1, -0.05) is 31.2 Å². The number of carbonyl (C=O) groups is 1. The van der Waals surface area contributed by atoms with E-state index in [1.165, 1.54) is 6.07 Å². The number of halogens is 1. The third-order valence-corrected chi connectivity index (χ3v) is 6.83. The van der Waals surface area contributed by atoms with E-state index in [2.05, 4.69) is 10.2 Å². The second-order valence-corrected chi connectivity index (χ2v) is 8.88. The number of nitrogens with zero attached hydrogens (tertiary/aromatic N) is 1. The molecule has 0 aliphatic carbocycles. The predicted octanol–water partition coefficient (Wildman–Crippen LogP) is 5.16. The monoisotopic (exact) mass is 492 g/mol. The average Bonchev–Trinajstić information content (AvgIpc) is 2.92. The van der Waals surface area contributed by atoms with Gasteiger partial charge in [0, 0.05) is 30.3 Å². The van der Waals surface area contributed by atoms with E-state index >= 15 is 0 Å². The quantitative estimate of drug-likeness (QED) is 0.447. The molecule has 3 aromatic rings. The molecule has 190 valence electrons. The Labute approximate surface area is 212 Å². The summed E-state index contributed by atoms with van der Waals surface area (Å²) in [6.07, 6.45) is 1.46. The van der Waals surface area contributed by atoms with Crippen LogP contribution in [0, 0.1) is 5.82 Å². The van der Waals surface area contributed by atoms with Crippen molar-refractivity contribution in [3.05, 3.63) is 88.7 Å². The Morgan fingerprint density at radius 2 is 1.78 bits per heavy atom. The minimum atomic E-state index is -0.233. The number of fused-ring (bicyclic) bond motifs is 1. The van der Waals surface area contributed by atoms with E-state index < -0.39 is 0 Å². The Morgan fingerprint density at radius 1 is 1.03 bits per heavy atom. The third kappa shape index (κ3) is 5.31. The largest absolute Gasteiger partial charge is 0.497 e. The number of nitrogens with one attached hydrogen (secondary N) is 1. The Morgan fingerprint density at radius 3 is 2.47 bits per heavy atom. The lowest BCUT2D eigenvalue weighted by atomic mass is 9.86. The first-order valence-corrected chi connectivity index (χ1v) is 12.2. The van der Waals surface area contributed by atoms with Crippen LogP contribution in [-0.2, 0) is 13.0 Å². The molecule has 0 aromatic heterocycles. The van der Waals surface area contributed by atoms with Gasteiger partial charge in [-0.25, -0.2) is 4.39 Å². The van der Waals surface area contributed by atoms with Crippen LogP contribution in [-0.4, -0.2) is 44.7 Å². The molecule has 0 spiro atoms. The van der Waals surface area contributed by atoms with Crippen molar-refractivity contribution in [2.24, 2.45) is 0 Å². The van der Waals surface area contributed by atoms with Crippen LogP contribution in [0.2, 0.25) is 0 Å². The topological polar surface area (TPSA) is 60.0 Å². The van der Waals surface area contributed by atoms with Gasteiger partial charge in [-0.2, -0.15) is 0 Å². The van der Waals surface area contributed by atoms with Crippen LogP contribution < -0.4 is 19.5 Å². The van der Waals surface area contributed by atoms with Gasteiger partial charge in [-0.15, -0.1) is 0 Å². The van der Waals surface area contributed by atoms with E-state index in [1.54, 1.807) is 51.7 Å². The lowest BCUT2D eigenvalue weighted by Crippen LogP contribution is -2.48. The summed E-state index contributed by atoms with van der Waals surface area (Å²) in [7, 11) is 4.81. The van der Waals surface area contributed by atoms with Crippen LogP contribution in [0.15, 0.2) is 60.7 Å². The van der Waals surface area contributed by atoms with Crippen molar-refractivity contribution in [3.8, 4) is 17.2 Å². The number of hydrogen-bond donors (Lipinski definition) is 1. The molecule has 36 heavy (non-hydrogen) atoms. The number of methoxy groups -OCH3 is 3. The zero-order valence-electron chi connectivity index (χ0n) is 21.2. The molecule has 1 amide bonds. The van der Waals surface area contributed by atoms with Crippen LogP contribution >= 0.6 is 0 Å². The van der Waals surface area contributed by atoms with Crippen molar-refractivity contribution >= 4 is 5.91 Å². The summed E-state index contributed by atoms with van der Waals surface area (Å²) in [4.78, 5) is 15.5. The van der Waals surface area contributed by atoms with Crippen LogP contribution in [0.25, 0.3) is 0 Å². The van der Waals surface area contributed by atoms with Gasteiger partial charge in [-0.05, 0) is 60.4 Å². The van der Waals surface area contributed by atoms with Crippen LogP contribution in [0.1, 0.15) is 46.4 Å². The smallest absolute Gasteiger partial charge is 0.251 e. The third-order valence-electron chi connectivity index (χ3n) is 6.83. The molecular formula is C29H33FN2O4. The van der Waals surface area contributed by atoms with E-state index in [0.717, 1.165) is 17.5 Å². The Balaban J connectivity index is 1.73. The lowest BCUT2D eigenvalue weighted by molar-refractivity contribution is 0.0857. The summed E-state index contributed by atoms with van der Waals surface area (Å²) >= 11 is 0. The Hall–Kier alpha value is -3.58. The van der Waals surface area contributed by atoms with E-state index in [9.17, 15) is 9.18 Å². The predicted molar refractivity (Wildman–Crippen MR) is 137 cm³/mol. The summed E-state index contributed by atoms with van der Waals surface area (Å²) in [5.74, 6) is 1.51. The number of amides is 1. The normalized spacial score (nSPS) is 16.1. The molecule has 0 saturated heterocycles. The van der Waals surface area contributed by atoms with Crippen molar-refractivity contribution in [1.29, 1.82) is 0 Å². The first-order chi connectivity index (χ1) is 17.5. The summed E-state index contributed by atoms with van der Waals surface area (Å²) in [6, 6.07) is 17.5. The van der Waals surface area contributed by atoms with Gasteiger partial charge in [0.1, 0.15) is 11.6 Å². The number of hydrogen-bond acceptors (Lipinski definition) is 5. The second kappa shape index (κ2) is 11.4. The average molecular weight is 493 g/mol. The van der Waals surface area contributed by atoms with E-state index in [-0.39, 0.29) is 23.8 Å². The van der Waals surface area contributed by atoms with Gasteiger partial charge < -0.3 is 19.5 Å². The van der Waals surface area contributed by atoms with Crippen molar-refractivity contribution < 1.29 is 23.4 Å². The molecule has 0 fully saturated rings. The van der Waals surface area contributed by atoms with Gasteiger partial charge in [0.05, 0.1) is 27.4 Å². The molecular weight excluding hydrogens is 459 g/mol. The number of rotatable bonds is 9. The zero-order valence-corrected chi connectivity index (χ0v) is 21.2. The molecule has 7 heteroatoms. The SMILES string of the molecule is CCC(NC(=O)c1cccc(OC)c1)C1c2cc(OC)c(OC)cc2CCN1Cc1ccccc1F. The lowest BCUT2D eigenvalue weighted by Gasteiger charge is -2.42. The number of carbonyl (C=O) groups excluding carboxylic acids is 1. The molecule has 0 bridgehead atoms. The second-order valence-electron chi connectivity index (χ2n) is 8.88. The highest BCUT2D eigenvalue weighted by Gasteiger charge is 2.35. The molecule has 1 N–H and O–H groups in total. The number of benzene rings is 3. The molecule has 2 atom stereocenters. The summed E-state index contributed by atoms with van der Waals surface area (Å²) in [6.45, 7) is 3.19. The molecule has 3 aromatic carbocycles. The fourth-order valence-electron chi connectivity index (χ4n) is 4.94. The van der Waals surface area contributed by atoms with Crippen molar-refractivity contribution in [2.45, 2.75) is 38.4 Å². The van der Waals surface area contributed by atoms with Crippen LogP contribution in [0.3, 0.4) is 0 Å². The standard InChI is InChI=1S/C29H33FN2O4/c1-5-25(31-29(33)20-10-8-11-22(15-20)34-2)28-23-17-27(36-4)26(35-3)16-19(23)13-14-32(28)18-21-9-6-7-12-24(21)30/h6-12,15-17,25,28H,5,13-14,18H2,1-4H3,(H,31,33). The van der Waals surface area contributed by atoms with E-state index in [1.807, 2.05) is 31.2 Å². The van der Waals surface area contributed by atoms with Crippen molar-refractivity contribution in [1.82, 2.24) is 10.2 Å². The Kier molecular flexibility index (Phi) is 8.10. The fraction of sp³-hybridized carbons (Fsp3) is 0.345. The maximum atomic E-state index is 14.6. The van der Waals surface area contributed by atoms with Crippen molar-refractivity contribution in [2.75, 3.05) is 27.9 Å². The maximum absolute atomic E-state index is 14.6.